The zero-order chi connectivity index (χ0) is 28.0. The van der Waals surface area contributed by atoms with E-state index in [4.69, 9.17) is 14.3 Å². The Morgan fingerprint density at radius 3 is 2.13 bits per heavy atom. The minimum Gasteiger partial charge on any atom is -0.487 e. The summed E-state index contributed by atoms with van der Waals surface area (Å²) >= 11 is 0. The highest BCUT2D eigenvalue weighted by molar-refractivity contribution is 7.89. The predicted molar refractivity (Wildman–Crippen MR) is 117 cm³/mol. The first-order valence-corrected chi connectivity index (χ1v) is 12.2. The number of alkyl halides is 6. The van der Waals surface area contributed by atoms with Crippen LogP contribution in [0.1, 0.15) is 29.0 Å². The smallest absolute Gasteiger partial charge is 0.416 e. The van der Waals surface area contributed by atoms with Gasteiger partial charge in [-0.05, 0) is 55.8 Å². The van der Waals surface area contributed by atoms with E-state index in [0.29, 0.717) is 12.1 Å². The largest absolute Gasteiger partial charge is 0.487 e. The van der Waals surface area contributed by atoms with Crippen LogP contribution in [0.15, 0.2) is 51.8 Å². The van der Waals surface area contributed by atoms with Gasteiger partial charge in [0.2, 0.25) is 15.9 Å². The summed E-state index contributed by atoms with van der Waals surface area (Å²) in [4.78, 5) is 15.0. The number of halogens is 6. The van der Waals surface area contributed by atoms with E-state index in [2.05, 4.69) is 4.98 Å². The van der Waals surface area contributed by atoms with Gasteiger partial charge in [0.15, 0.2) is 0 Å². The van der Waals surface area contributed by atoms with E-state index >= 15 is 0 Å². The van der Waals surface area contributed by atoms with Gasteiger partial charge in [-0.25, -0.2) is 13.4 Å². The van der Waals surface area contributed by atoms with Crippen LogP contribution in [0.2, 0.25) is 0 Å². The Hall–Kier alpha value is -3.59. The Morgan fingerprint density at radius 1 is 1.08 bits per heavy atom. The molecule has 1 saturated heterocycles. The van der Waals surface area contributed by atoms with E-state index in [1.54, 1.807) is 0 Å². The molecule has 204 valence electrons. The van der Waals surface area contributed by atoms with Gasteiger partial charge in [-0.3, -0.25) is 4.79 Å². The van der Waals surface area contributed by atoms with E-state index in [1.165, 1.54) is 31.2 Å². The third-order valence-corrected chi connectivity index (χ3v) is 7.71. The molecule has 0 radical (unpaired) electrons. The van der Waals surface area contributed by atoms with Gasteiger partial charge in [0.05, 0.1) is 16.0 Å². The molecule has 0 aliphatic carbocycles. The molecule has 1 aliphatic rings. The van der Waals surface area contributed by atoms with Crippen LogP contribution in [0, 0.1) is 6.92 Å². The van der Waals surface area contributed by atoms with Gasteiger partial charge in [0.1, 0.15) is 29.9 Å². The number of nitrogens with zero attached hydrogens (tertiary/aromatic N) is 2. The van der Waals surface area contributed by atoms with E-state index < -0.39 is 57.0 Å². The Bertz CT molecular complexity index is 1430. The number of rotatable bonds is 7. The van der Waals surface area contributed by atoms with Crippen molar-refractivity contribution in [1.29, 1.82) is 0 Å². The van der Waals surface area contributed by atoms with Crippen LogP contribution in [0.25, 0.3) is 11.5 Å². The summed E-state index contributed by atoms with van der Waals surface area (Å²) in [5, 5.41) is 9.09. The van der Waals surface area contributed by atoms with Crippen LogP contribution in [0.3, 0.4) is 0 Å². The summed E-state index contributed by atoms with van der Waals surface area (Å²) in [6.45, 7) is 1.18. The number of carbonyl (C=O) groups is 1. The molecule has 0 saturated carbocycles. The number of ether oxygens (including phenoxy) is 1. The molecule has 3 aromatic rings. The summed E-state index contributed by atoms with van der Waals surface area (Å²) in [7, 11) is -4.03. The molecule has 2 heterocycles. The van der Waals surface area contributed by atoms with Crippen LogP contribution in [-0.2, 0) is 33.8 Å². The van der Waals surface area contributed by atoms with Crippen LogP contribution in [0.5, 0.6) is 5.75 Å². The molecule has 0 bridgehead atoms. The first-order valence-electron chi connectivity index (χ1n) is 10.8. The maximum Gasteiger partial charge on any atom is 0.416 e. The van der Waals surface area contributed by atoms with Crippen molar-refractivity contribution in [2.45, 2.75) is 43.2 Å². The van der Waals surface area contributed by atoms with Crippen molar-refractivity contribution in [1.82, 2.24) is 9.29 Å². The number of hydrogen-bond acceptors (Lipinski definition) is 6. The number of aliphatic carboxylic acids is 1. The molecule has 1 atom stereocenters. The molecule has 1 unspecified atom stereocenters. The number of carboxylic acid groups (broad SMARTS) is 1. The van der Waals surface area contributed by atoms with Crippen molar-refractivity contribution in [2.75, 3.05) is 6.54 Å². The van der Waals surface area contributed by atoms with Gasteiger partial charge < -0.3 is 14.3 Å². The predicted octanol–water partition coefficient (Wildman–Crippen LogP) is 5.11. The average molecular weight is 564 g/mol. The highest BCUT2D eigenvalue weighted by Gasteiger charge is 2.43. The fourth-order valence-corrected chi connectivity index (χ4v) is 5.28. The maximum atomic E-state index is 13.2. The third kappa shape index (κ3) is 5.48. The molecule has 38 heavy (non-hydrogen) atoms. The molecule has 2 aromatic carbocycles. The van der Waals surface area contributed by atoms with Crippen molar-refractivity contribution in [3.05, 3.63) is 65.0 Å². The first-order chi connectivity index (χ1) is 17.6. The highest BCUT2D eigenvalue weighted by Crippen LogP contribution is 2.39. The van der Waals surface area contributed by atoms with Crippen LogP contribution in [-0.4, -0.2) is 41.4 Å². The molecule has 0 amide bonds. The minimum atomic E-state index is -5.03. The van der Waals surface area contributed by atoms with Crippen LogP contribution in [0.4, 0.5) is 26.3 Å². The van der Waals surface area contributed by atoms with Crippen LogP contribution < -0.4 is 4.74 Å². The van der Waals surface area contributed by atoms with E-state index in [9.17, 15) is 39.6 Å². The molecule has 1 N–H and O–H groups in total. The first kappa shape index (κ1) is 27.4. The molecular formula is C23H18F6N2O6S. The van der Waals surface area contributed by atoms with Crippen molar-refractivity contribution in [3.63, 3.8) is 0 Å². The molecule has 8 nitrogen and oxygen atoms in total. The standard InChI is InChI=1S/C23H18F6N2O6S/c1-12-18(30-20(37-12)13-8-14(22(24,25)26)10-15(9-13)23(27,28)29)11-36-16-2-4-17(5-3-16)38(34,35)31-7-6-19(31)21(32)33/h2-5,8-10,19H,6-7,11H2,1H3,(H,32,33). The molecule has 1 aromatic heterocycles. The molecular weight excluding hydrogens is 546 g/mol. The maximum absolute atomic E-state index is 13.2. The van der Waals surface area contributed by atoms with Gasteiger partial charge >= 0.3 is 18.3 Å². The van der Waals surface area contributed by atoms with Crippen molar-refractivity contribution < 1.29 is 53.8 Å². The zero-order valence-electron chi connectivity index (χ0n) is 19.3. The lowest BCUT2D eigenvalue weighted by Crippen LogP contribution is -2.54. The molecule has 0 spiro atoms. The SMILES string of the molecule is Cc1oc(-c2cc(C(F)(F)F)cc(C(F)(F)F)c2)nc1COc1ccc(S(=O)(=O)N2CCC2C(=O)O)cc1. The van der Waals surface area contributed by atoms with E-state index in [0.717, 1.165) is 4.31 Å². The molecule has 15 heteroatoms. The monoisotopic (exact) mass is 564 g/mol. The number of aromatic nitrogens is 1. The quantitative estimate of drug-likeness (QED) is 0.397. The Kier molecular flexibility index (Phi) is 6.95. The van der Waals surface area contributed by atoms with Gasteiger partial charge in [-0.15, -0.1) is 0 Å². The average Bonchev–Trinajstić information content (AvgIpc) is 3.15. The molecule has 4 rings (SSSR count). The normalized spacial score (nSPS) is 16.8. The van der Waals surface area contributed by atoms with Gasteiger partial charge in [-0.1, -0.05) is 0 Å². The summed E-state index contributed by atoms with van der Waals surface area (Å²) in [5.74, 6) is -1.46. The number of carboxylic acids is 1. The van der Waals surface area contributed by atoms with E-state index in [1.807, 2.05) is 0 Å². The van der Waals surface area contributed by atoms with Gasteiger partial charge in [-0.2, -0.15) is 30.6 Å². The summed E-state index contributed by atoms with van der Waals surface area (Å²) in [6.07, 6.45) is -9.87. The van der Waals surface area contributed by atoms with Crippen LogP contribution >= 0.6 is 0 Å². The minimum absolute atomic E-state index is 0.00299. The lowest BCUT2D eigenvalue weighted by Gasteiger charge is -2.36. The zero-order valence-corrected chi connectivity index (χ0v) is 20.1. The topological polar surface area (TPSA) is 110 Å². The Labute approximate surface area is 211 Å². The summed E-state index contributed by atoms with van der Waals surface area (Å²) in [5.41, 5.74) is -3.47. The number of oxazole rings is 1. The van der Waals surface area contributed by atoms with Crippen molar-refractivity contribution in [2.24, 2.45) is 0 Å². The second-order valence-corrected chi connectivity index (χ2v) is 10.2. The lowest BCUT2D eigenvalue weighted by atomic mass is 10.0. The number of hydrogen-bond donors (Lipinski definition) is 1. The second kappa shape index (κ2) is 9.62. The van der Waals surface area contributed by atoms with Crippen molar-refractivity contribution >= 4 is 16.0 Å². The van der Waals surface area contributed by atoms with E-state index in [-0.39, 0.29) is 47.7 Å². The number of benzene rings is 2. The Morgan fingerprint density at radius 2 is 1.66 bits per heavy atom. The molecule has 1 aliphatic heterocycles. The van der Waals surface area contributed by atoms with Gasteiger partial charge in [0.25, 0.3) is 0 Å². The lowest BCUT2D eigenvalue weighted by molar-refractivity contribution is -0.145. The highest BCUT2D eigenvalue weighted by atomic mass is 32.2. The fraction of sp³-hybridized carbons (Fsp3) is 0.304. The summed E-state index contributed by atoms with van der Waals surface area (Å²) < 4.78 is 116. The fourth-order valence-electron chi connectivity index (χ4n) is 3.66. The summed E-state index contributed by atoms with van der Waals surface area (Å²) in [6, 6.07) is 4.90. The number of sulfonamides is 1. The molecule has 1 fully saturated rings. The van der Waals surface area contributed by atoms with Crippen molar-refractivity contribution in [3.8, 4) is 17.2 Å². The second-order valence-electron chi connectivity index (χ2n) is 8.34. The Balaban J connectivity index is 1.51. The number of aryl methyl sites for hydroxylation is 1. The third-order valence-electron chi connectivity index (χ3n) is 5.79. The van der Waals surface area contributed by atoms with Gasteiger partial charge in [0, 0.05) is 12.1 Å².